The quantitative estimate of drug-likeness (QED) is 0.176. The van der Waals surface area contributed by atoms with Gasteiger partial charge in [-0.3, -0.25) is 0 Å². The summed E-state index contributed by atoms with van der Waals surface area (Å²) in [5.74, 6) is 0. The van der Waals surface area contributed by atoms with Gasteiger partial charge in [-0.05, 0) is 105 Å². The summed E-state index contributed by atoms with van der Waals surface area (Å²) in [6.07, 6.45) is 15.3. The van der Waals surface area contributed by atoms with Crippen molar-refractivity contribution in [2.75, 3.05) is 4.90 Å². The maximum atomic E-state index is 7.04. The molecule has 0 amide bonds. The van der Waals surface area contributed by atoms with E-state index >= 15 is 0 Å². The van der Waals surface area contributed by atoms with Crippen molar-refractivity contribution >= 4 is 62.3 Å². The molecule has 61 heavy (non-hydrogen) atoms. The van der Waals surface area contributed by atoms with Crippen molar-refractivity contribution in [1.29, 1.82) is 0 Å². The second kappa shape index (κ2) is 13.9. The summed E-state index contributed by atoms with van der Waals surface area (Å²) in [5, 5.41) is 12.5. The fraction of sp³-hybridized carbons (Fsp3) is 0.123. The molecule has 0 bridgehead atoms. The highest BCUT2D eigenvalue weighted by Crippen LogP contribution is 2.51. The van der Waals surface area contributed by atoms with Crippen LogP contribution in [-0.2, 0) is 5.41 Å². The maximum absolute atomic E-state index is 7.04. The van der Waals surface area contributed by atoms with Crippen molar-refractivity contribution < 1.29 is 4.42 Å². The lowest BCUT2D eigenvalue weighted by Gasteiger charge is -2.36. The van der Waals surface area contributed by atoms with Gasteiger partial charge in [0.05, 0.1) is 29.2 Å². The summed E-state index contributed by atoms with van der Waals surface area (Å²) >= 11 is 0. The van der Waals surface area contributed by atoms with E-state index in [0.717, 1.165) is 79.9 Å². The van der Waals surface area contributed by atoms with E-state index in [9.17, 15) is 0 Å². The van der Waals surface area contributed by atoms with Crippen LogP contribution in [0.3, 0.4) is 0 Å². The third kappa shape index (κ3) is 5.73. The predicted molar refractivity (Wildman–Crippen MR) is 254 cm³/mol. The fourth-order valence-electron chi connectivity index (χ4n) is 10.3. The van der Waals surface area contributed by atoms with Gasteiger partial charge in [0.25, 0.3) is 0 Å². The molecule has 2 unspecified atom stereocenters. The van der Waals surface area contributed by atoms with Crippen LogP contribution in [0.5, 0.6) is 0 Å². The predicted octanol–water partition coefficient (Wildman–Crippen LogP) is 12.3. The van der Waals surface area contributed by atoms with Crippen LogP contribution in [0, 0.1) is 0 Å². The van der Waals surface area contributed by atoms with Gasteiger partial charge in [0.15, 0.2) is 5.58 Å². The van der Waals surface area contributed by atoms with Crippen LogP contribution in [0.1, 0.15) is 48.9 Å². The number of fused-ring (bicyclic) bond motifs is 8. The van der Waals surface area contributed by atoms with Crippen molar-refractivity contribution in [3.05, 3.63) is 209 Å². The molecule has 1 aromatic heterocycles. The van der Waals surface area contributed by atoms with E-state index in [4.69, 9.17) is 4.42 Å². The van der Waals surface area contributed by atoms with E-state index in [2.05, 4.69) is 217 Å². The van der Waals surface area contributed by atoms with Crippen LogP contribution >= 0.6 is 0 Å². The Morgan fingerprint density at radius 1 is 0.541 bits per heavy atom. The third-order valence-electron chi connectivity index (χ3n) is 13.3. The molecule has 2 atom stereocenters. The molecular weight excluding hydrogens is 743 g/mol. The molecule has 0 saturated heterocycles. The summed E-state index contributed by atoms with van der Waals surface area (Å²) in [6, 6.07) is 56.0. The molecule has 0 saturated carbocycles. The van der Waals surface area contributed by atoms with Gasteiger partial charge in [-0.15, -0.1) is 0 Å². The zero-order valence-electron chi connectivity index (χ0n) is 34.3. The van der Waals surface area contributed by atoms with E-state index in [1.54, 1.807) is 0 Å². The number of anilines is 3. The molecule has 4 nitrogen and oxygen atoms in total. The van der Waals surface area contributed by atoms with Gasteiger partial charge in [0, 0.05) is 27.4 Å². The van der Waals surface area contributed by atoms with E-state index in [-0.39, 0.29) is 17.5 Å². The lowest BCUT2D eigenvalue weighted by molar-refractivity contribution is 0.555. The number of rotatable bonds is 6. The number of furan rings is 1. The van der Waals surface area contributed by atoms with Crippen molar-refractivity contribution in [2.24, 2.45) is 0 Å². The monoisotopic (exact) mass is 787 g/mol. The topological polar surface area (TPSA) is 40.4 Å². The first-order valence-electron chi connectivity index (χ1n) is 21.6. The van der Waals surface area contributed by atoms with Gasteiger partial charge >= 0.3 is 0 Å². The smallest absolute Gasteiger partial charge is 0.160 e. The van der Waals surface area contributed by atoms with E-state index < -0.39 is 0 Å². The first kappa shape index (κ1) is 35.6. The van der Waals surface area contributed by atoms with E-state index in [1.807, 2.05) is 0 Å². The molecule has 2 heterocycles. The molecule has 0 radical (unpaired) electrons. The number of hydrogen-bond donors (Lipinski definition) is 2. The largest absolute Gasteiger partial charge is 0.454 e. The Bertz CT molecular complexity index is 3290. The lowest BCUT2D eigenvalue weighted by Crippen LogP contribution is -2.50. The van der Waals surface area contributed by atoms with Gasteiger partial charge in [0.2, 0.25) is 0 Å². The van der Waals surface area contributed by atoms with Crippen LogP contribution in [0.25, 0.3) is 67.5 Å². The van der Waals surface area contributed by atoms with E-state index in [1.165, 1.54) is 38.2 Å². The second-order valence-corrected chi connectivity index (χ2v) is 17.3. The molecule has 294 valence electrons. The number of nitrogens with one attached hydrogen (secondary N) is 2. The fourth-order valence-corrected chi connectivity index (χ4v) is 10.3. The minimum Gasteiger partial charge on any atom is -0.454 e. The van der Waals surface area contributed by atoms with Gasteiger partial charge < -0.3 is 20.0 Å². The van der Waals surface area contributed by atoms with Crippen LogP contribution in [0.4, 0.5) is 17.1 Å². The minimum absolute atomic E-state index is 0.0790. The Balaban J connectivity index is 1.03. The highest BCUT2D eigenvalue weighted by Gasteiger charge is 2.36. The summed E-state index contributed by atoms with van der Waals surface area (Å²) in [4.78, 5) is 2.41. The molecule has 3 aliphatic carbocycles. The van der Waals surface area contributed by atoms with Gasteiger partial charge in [-0.1, -0.05) is 166 Å². The average Bonchev–Trinajstić information content (AvgIpc) is 3.81. The van der Waals surface area contributed by atoms with E-state index in [0.29, 0.717) is 0 Å². The normalized spacial score (nSPS) is 18.0. The lowest BCUT2D eigenvalue weighted by atomic mass is 9.82. The van der Waals surface area contributed by atoms with Crippen molar-refractivity contribution in [2.45, 2.75) is 44.2 Å². The Morgan fingerprint density at radius 2 is 1.18 bits per heavy atom. The van der Waals surface area contributed by atoms with Crippen LogP contribution in [-0.4, -0.2) is 12.1 Å². The molecule has 7 aromatic carbocycles. The SMILES string of the molecule is CC1(C)c2ccccc2-c2cc(N(c3ccc4ccccc4c3)c3ccc(-c4ccc(C5=C(c6ccccc6)NC6C=CC=CC6N5)cc4)c4c5c(oc34)=CCCC=5)ccc21. The van der Waals surface area contributed by atoms with Crippen LogP contribution < -0.4 is 26.2 Å². The average molecular weight is 788 g/mol. The Labute approximate surface area is 356 Å². The first-order valence-corrected chi connectivity index (χ1v) is 21.6. The molecule has 0 spiro atoms. The van der Waals surface area contributed by atoms with Crippen molar-refractivity contribution in [3.63, 3.8) is 0 Å². The van der Waals surface area contributed by atoms with Crippen molar-refractivity contribution in [1.82, 2.24) is 10.6 Å². The second-order valence-electron chi connectivity index (χ2n) is 17.3. The summed E-state index contributed by atoms with van der Waals surface area (Å²) in [7, 11) is 0. The van der Waals surface area contributed by atoms with Gasteiger partial charge in [-0.25, -0.2) is 0 Å². The number of nitrogens with zero attached hydrogens (tertiary/aromatic N) is 1. The Hall–Kier alpha value is -7.30. The molecule has 4 aliphatic rings. The zero-order chi connectivity index (χ0) is 40.7. The van der Waals surface area contributed by atoms with Crippen molar-refractivity contribution in [3.8, 4) is 22.3 Å². The standard InChI is InChI=1S/C57H45N3O/c1-57(2)47-20-10-8-18-44(47)46-35-42(30-32-48(46)57)60(41-29-28-36-14-6-7-17-40(36)34-41)51-33-31-43(53-45-19-9-13-23-52(45)61-56(51)53)37-24-26-39(27-25-37)55-54(38-15-4-3-5-16-38)58-49-21-11-12-22-50(49)59-55/h3-8,10-12,14-35,49-50,58-59H,9,13H2,1-2H3. The molecule has 8 aromatic rings. The Kier molecular flexibility index (Phi) is 8.11. The Morgan fingerprint density at radius 3 is 1.98 bits per heavy atom. The van der Waals surface area contributed by atoms with Crippen LogP contribution in [0.15, 0.2) is 180 Å². The van der Waals surface area contributed by atoms with Gasteiger partial charge in [0.1, 0.15) is 5.42 Å². The third-order valence-corrected chi connectivity index (χ3v) is 13.3. The molecule has 12 rings (SSSR count). The summed E-state index contributed by atoms with van der Waals surface area (Å²) in [5.41, 5.74) is 17.1. The highest BCUT2D eigenvalue weighted by molar-refractivity contribution is 6.05. The number of benzene rings is 7. The number of allylic oxidation sites excluding steroid dienone is 2. The molecule has 2 N–H and O–H groups in total. The summed E-state index contributed by atoms with van der Waals surface area (Å²) < 4.78 is 7.04. The highest BCUT2D eigenvalue weighted by atomic mass is 16.3. The molecule has 4 heteroatoms. The van der Waals surface area contributed by atoms with Crippen LogP contribution in [0.2, 0.25) is 0 Å². The molecule has 0 fully saturated rings. The molecule has 1 aliphatic heterocycles. The number of hydrogen-bond acceptors (Lipinski definition) is 4. The summed E-state index contributed by atoms with van der Waals surface area (Å²) in [6.45, 7) is 4.69. The zero-order valence-corrected chi connectivity index (χ0v) is 34.3. The minimum atomic E-state index is -0.0790. The first-order chi connectivity index (χ1) is 30.0. The maximum Gasteiger partial charge on any atom is 0.160 e. The molecular formula is C57H45N3O. The van der Waals surface area contributed by atoms with Gasteiger partial charge in [-0.2, -0.15) is 0 Å².